The lowest BCUT2D eigenvalue weighted by atomic mass is 10.1. The summed E-state index contributed by atoms with van der Waals surface area (Å²) in [7, 11) is 0. The summed E-state index contributed by atoms with van der Waals surface area (Å²) in [6.45, 7) is 3.95. The van der Waals surface area contributed by atoms with E-state index in [4.69, 9.17) is 0 Å². The van der Waals surface area contributed by atoms with Gasteiger partial charge < -0.3 is 21.3 Å². The van der Waals surface area contributed by atoms with Gasteiger partial charge in [0.15, 0.2) is 0 Å². The third-order valence-electron chi connectivity index (χ3n) is 3.84. The number of rotatable bonds is 5. The molecule has 0 aromatic heterocycles. The van der Waals surface area contributed by atoms with Crippen LogP contribution >= 0.6 is 0 Å². The molecular formula is C22H23F3N4O2. The van der Waals surface area contributed by atoms with Gasteiger partial charge in [-0.1, -0.05) is 30.0 Å². The fourth-order valence-electron chi connectivity index (χ4n) is 2.42. The van der Waals surface area contributed by atoms with Crippen LogP contribution in [0, 0.1) is 11.8 Å². The van der Waals surface area contributed by atoms with Crippen molar-refractivity contribution in [2.45, 2.75) is 32.6 Å². The first-order chi connectivity index (χ1) is 14.6. The first-order valence-corrected chi connectivity index (χ1v) is 9.48. The predicted octanol–water partition coefficient (Wildman–Crippen LogP) is 4.09. The van der Waals surface area contributed by atoms with E-state index in [9.17, 15) is 22.8 Å². The normalized spacial score (nSPS) is 10.6. The summed E-state index contributed by atoms with van der Waals surface area (Å²) in [6, 6.07) is 10.9. The van der Waals surface area contributed by atoms with Gasteiger partial charge in [0.2, 0.25) is 0 Å². The average Bonchev–Trinajstić information content (AvgIpc) is 2.69. The number of anilines is 1. The van der Waals surface area contributed by atoms with Crippen molar-refractivity contribution in [3.05, 3.63) is 65.2 Å². The molecule has 0 bridgehead atoms. The number of benzene rings is 2. The standard InChI is InChI=1S/C22H23F3N4O2/c1-15(2)28-21(31)29-19-10-8-17(9-11-19)14-27-20(30)26-12-4-6-16-5-3-7-18(13-16)22(23,24)25/h3,5,7-11,13,15H,12,14H2,1-2H3,(H2,26,27,30)(H2,28,29,31). The number of nitrogens with one attached hydrogen (secondary N) is 4. The zero-order valence-corrected chi connectivity index (χ0v) is 17.1. The van der Waals surface area contributed by atoms with Crippen molar-refractivity contribution in [3.8, 4) is 11.8 Å². The second-order valence-corrected chi connectivity index (χ2v) is 6.87. The summed E-state index contributed by atoms with van der Waals surface area (Å²) in [6.07, 6.45) is -4.43. The van der Waals surface area contributed by atoms with E-state index in [0.717, 1.165) is 17.7 Å². The van der Waals surface area contributed by atoms with Gasteiger partial charge in [0.05, 0.1) is 12.1 Å². The van der Waals surface area contributed by atoms with Gasteiger partial charge in [0, 0.05) is 23.8 Å². The number of halogens is 3. The Bertz CT molecular complexity index is 961. The van der Waals surface area contributed by atoms with E-state index >= 15 is 0 Å². The maximum Gasteiger partial charge on any atom is 0.416 e. The van der Waals surface area contributed by atoms with E-state index in [2.05, 4.69) is 33.1 Å². The van der Waals surface area contributed by atoms with E-state index < -0.39 is 17.8 Å². The minimum atomic E-state index is -4.43. The molecule has 4 N–H and O–H groups in total. The summed E-state index contributed by atoms with van der Waals surface area (Å²) in [4.78, 5) is 23.5. The van der Waals surface area contributed by atoms with Gasteiger partial charge in [-0.2, -0.15) is 13.2 Å². The Kier molecular flexibility index (Phi) is 8.32. The Morgan fingerprint density at radius 2 is 1.71 bits per heavy atom. The van der Waals surface area contributed by atoms with E-state index in [-0.39, 0.29) is 30.7 Å². The highest BCUT2D eigenvalue weighted by molar-refractivity contribution is 5.89. The number of hydrogen-bond acceptors (Lipinski definition) is 2. The van der Waals surface area contributed by atoms with Gasteiger partial charge in [-0.05, 0) is 49.7 Å². The molecule has 0 saturated heterocycles. The predicted molar refractivity (Wildman–Crippen MR) is 112 cm³/mol. The number of carbonyl (C=O) groups is 2. The summed E-state index contributed by atoms with van der Waals surface area (Å²) in [5, 5.41) is 10.6. The third kappa shape index (κ3) is 8.70. The summed E-state index contributed by atoms with van der Waals surface area (Å²) in [5.74, 6) is 5.20. The van der Waals surface area contributed by atoms with Crippen LogP contribution in [-0.2, 0) is 12.7 Å². The highest BCUT2D eigenvalue weighted by Crippen LogP contribution is 2.29. The van der Waals surface area contributed by atoms with E-state index in [1.54, 1.807) is 24.3 Å². The number of urea groups is 2. The lowest BCUT2D eigenvalue weighted by Crippen LogP contribution is -2.35. The lowest BCUT2D eigenvalue weighted by molar-refractivity contribution is -0.137. The van der Waals surface area contributed by atoms with Crippen LogP contribution in [0.5, 0.6) is 0 Å². The molecule has 9 heteroatoms. The molecule has 164 valence electrons. The first-order valence-electron chi connectivity index (χ1n) is 9.48. The van der Waals surface area contributed by atoms with E-state index in [1.807, 2.05) is 13.8 Å². The van der Waals surface area contributed by atoms with Gasteiger partial charge in [-0.15, -0.1) is 0 Å². The summed E-state index contributed by atoms with van der Waals surface area (Å²) >= 11 is 0. The van der Waals surface area contributed by atoms with Crippen LogP contribution < -0.4 is 21.3 Å². The Hall–Kier alpha value is -3.67. The number of carbonyl (C=O) groups excluding carboxylic acids is 2. The molecule has 2 aromatic rings. The molecule has 0 spiro atoms. The Morgan fingerprint density at radius 3 is 2.35 bits per heavy atom. The second kappa shape index (κ2) is 10.9. The minimum Gasteiger partial charge on any atom is -0.336 e. The SMILES string of the molecule is CC(C)NC(=O)Nc1ccc(CNC(=O)NCC#Cc2cccc(C(F)(F)F)c2)cc1. The number of hydrogen-bond donors (Lipinski definition) is 4. The van der Waals surface area contributed by atoms with Gasteiger partial charge in [0.25, 0.3) is 0 Å². The van der Waals surface area contributed by atoms with Crippen LogP contribution in [-0.4, -0.2) is 24.6 Å². The average molecular weight is 432 g/mol. The fraction of sp³-hybridized carbons (Fsp3) is 0.273. The maximum absolute atomic E-state index is 12.7. The summed E-state index contributed by atoms with van der Waals surface area (Å²) < 4.78 is 38.0. The van der Waals surface area contributed by atoms with Crippen LogP contribution in [0.4, 0.5) is 28.4 Å². The van der Waals surface area contributed by atoms with Crippen molar-refractivity contribution < 1.29 is 22.8 Å². The highest BCUT2D eigenvalue weighted by Gasteiger charge is 2.30. The van der Waals surface area contributed by atoms with Crippen LogP contribution in [0.3, 0.4) is 0 Å². The molecule has 0 aliphatic carbocycles. The molecule has 2 rings (SSSR count). The molecule has 0 radical (unpaired) electrons. The number of alkyl halides is 3. The second-order valence-electron chi connectivity index (χ2n) is 6.87. The van der Waals surface area contributed by atoms with E-state index in [1.165, 1.54) is 12.1 Å². The minimum absolute atomic E-state index is 0.0180. The summed E-state index contributed by atoms with van der Waals surface area (Å²) in [5.41, 5.74) is 0.885. The van der Waals surface area contributed by atoms with Crippen molar-refractivity contribution in [2.24, 2.45) is 0 Å². The Labute approximate surface area is 178 Å². The fourth-order valence-corrected chi connectivity index (χ4v) is 2.42. The molecule has 31 heavy (non-hydrogen) atoms. The van der Waals surface area contributed by atoms with Crippen LogP contribution in [0.1, 0.15) is 30.5 Å². The molecule has 0 heterocycles. The van der Waals surface area contributed by atoms with Crippen molar-refractivity contribution in [2.75, 3.05) is 11.9 Å². The van der Waals surface area contributed by atoms with Crippen molar-refractivity contribution >= 4 is 17.7 Å². The number of amides is 4. The van der Waals surface area contributed by atoms with Crippen LogP contribution in [0.25, 0.3) is 0 Å². The van der Waals surface area contributed by atoms with E-state index in [0.29, 0.717) is 5.69 Å². The van der Waals surface area contributed by atoms with Crippen LogP contribution in [0.15, 0.2) is 48.5 Å². The molecular weight excluding hydrogens is 409 g/mol. The molecule has 2 aromatic carbocycles. The van der Waals surface area contributed by atoms with Gasteiger partial charge in [-0.3, -0.25) is 0 Å². The molecule has 6 nitrogen and oxygen atoms in total. The van der Waals surface area contributed by atoms with Crippen molar-refractivity contribution in [3.63, 3.8) is 0 Å². The molecule has 0 fully saturated rings. The molecule has 0 atom stereocenters. The van der Waals surface area contributed by atoms with Crippen LogP contribution in [0.2, 0.25) is 0 Å². The Balaban J connectivity index is 1.76. The Morgan fingerprint density at radius 1 is 1.00 bits per heavy atom. The topological polar surface area (TPSA) is 82.3 Å². The van der Waals surface area contributed by atoms with Gasteiger partial charge >= 0.3 is 18.2 Å². The van der Waals surface area contributed by atoms with Crippen molar-refractivity contribution in [1.82, 2.24) is 16.0 Å². The molecule has 0 aliphatic rings. The third-order valence-corrected chi connectivity index (χ3v) is 3.84. The van der Waals surface area contributed by atoms with Crippen molar-refractivity contribution in [1.29, 1.82) is 0 Å². The van der Waals surface area contributed by atoms with Gasteiger partial charge in [0.1, 0.15) is 0 Å². The molecule has 0 saturated carbocycles. The first kappa shape index (κ1) is 23.6. The smallest absolute Gasteiger partial charge is 0.336 e. The molecule has 0 unspecified atom stereocenters. The molecule has 0 aliphatic heterocycles. The zero-order valence-electron chi connectivity index (χ0n) is 17.1. The highest BCUT2D eigenvalue weighted by atomic mass is 19.4. The monoisotopic (exact) mass is 432 g/mol. The molecule has 4 amide bonds. The van der Waals surface area contributed by atoms with Gasteiger partial charge in [-0.25, -0.2) is 9.59 Å². The zero-order chi connectivity index (χ0) is 22.9. The largest absolute Gasteiger partial charge is 0.416 e. The quantitative estimate of drug-likeness (QED) is 0.537. The maximum atomic E-state index is 12.7. The lowest BCUT2D eigenvalue weighted by Gasteiger charge is -2.11.